The van der Waals surface area contributed by atoms with Crippen molar-refractivity contribution in [2.24, 2.45) is 0 Å². The van der Waals surface area contributed by atoms with E-state index in [9.17, 15) is 9.90 Å². The van der Waals surface area contributed by atoms with Gasteiger partial charge in [0.15, 0.2) is 11.5 Å². The van der Waals surface area contributed by atoms with Crippen molar-refractivity contribution in [3.05, 3.63) is 33.8 Å². The van der Waals surface area contributed by atoms with E-state index in [4.69, 9.17) is 9.47 Å². The quantitative estimate of drug-likeness (QED) is 0.715. The van der Waals surface area contributed by atoms with Gasteiger partial charge in [-0.2, -0.15) is 0 Å². The summed E-state index contributed by atoms with van der Waals surface area (Å²) in [6.07, 6.45) is 4.04. The van der Waals surface area contributed by atoms with E-state index in [0.717, 1.165) is 21.3 Å². The molecule has 1 unspecified atom stereocenters. The first-order valence-corrected chi connectivity index (χ1v) is 9.63. The number of halogens is 1. The standard InChI is InChI=1S/C19H25BrN2O4/c1-11(2)21-19(24)22-6-4-5-12(23)7-13-8-14-15(10-22)16(20)9-17(25-3)18(14)26-13/h4-5,9,11-13,23H,6-8,10H2,1-3H3,(H,21,24)/b5-4+/t12-,13?/m0/s1. The number of rotatable bonds is 2. The number of carbonyl (C=O) groups is 1. The second-order valence-electron chi connectivity index (χ2n) is 7.01. The van der Waals surface area contributed by atoms with Crippen molar-refractivity contribution in [1.82, 2.24) is 10.2 Å². The van der Waals surface area contributed by atoms with Crippen LogP contribution in [0.3, 0.4) is 0 Å². The number of hydrogen-bond acceptors (Lipinski definition) is 4. The van der Waals surface area contributed by atoms with Crippen molar-refractivity contribution in [3.63, 3.8) is 0 Å². The van der Waals surface area contributed by atoms with Crippen LogP contribution in [-0.4, -0.2) is 47.9 Å². The van der Waals surface area contributed by atoms with E-state index in [1.54, 1.807) is 18.1 Å². The molecule has 0 radical (unpaired) electrons. The van der Waals surface area contributed by atoms with Crippen molar-refractivity contribution in [1.29, 1.82) is 0 Å². The maximum Gasteiger partial charge on any atom is 0.318 e. The Kier molecular flexibility index (Phi) is 5.77. The Morgan fingerprint density at radius 2 is 2.23 bits per heavy atom. The molecule has 1 aromatic rings. The van der Waals surface area contributed by atoms with Crippen LogP contribution in [-0.2, 0) is 13.0 Å². The van der Waals surface area contributed by atoms with Gasteiger partial charge in [0.05, 0.1) is 13.2 Å². The van der Waals surface area contributed by atoms with E-state index >= 15 is 0 Å². The second-order valence-corrected chi connectivity index (χ2v) is 7.86. The monoisotopic (exact) mass is 424 g/mol. The molecule has 2 bridgehead atoms. The molecule has 0 fully saturated rings. The highest BCUT2D eigenvalue weighted by Crippen LogP contribution is 2.44. The number of methoxy groups -OCH3 is 1. The van der Waals surface area contributed by atoms with Gasteiger partial charge in [0.2, 0.25) is 0 Å². The van der Waals surface area contributed by atoms with E-state index in [2.05, 4.69) is 21.2 Å². The molecule has 2 aliphatic heterocycles. The van der Waals surface area contributed by atoms with Crippen LogP contribution < -0.4 is 14.8 Å². The van der Waals surface area contributed by atoms with Crippen LogP contribution in [0.15, 0.2) is 22.7 Å². The molecule has 2 amide bonds. The van der Waals surface area contributed by atoms with Gasteiger partial charge in [0.25, 0.3) is 0 Å². The number of hydrogen-bond donors (Lipinski definition) is 2. The summed E-state index contributed by atoms with van der Waals surface area (Å²) in [6, 6.07) is 1.80. The lowest BCUT2D eigenvalue weighted by atomic mass is 10.00. The van der Waals surface area contributed by atoms with Crippen molar-refractivity contribution in [2.45, 2.75) is 51.5 Å². The van der Waals surface area contributed by atoms with E-state index < -0.39 is 6.10 Å². The predicted octanol–water partition coefficient (Wildman–Crippen LogP) is 3.00. The van der Waals surface area contributed by atoms with Crippen LogP contribution >= 0.6 is 15.9 Å². The molecule has 0 saturated carbocycles. The highest BCUT2D eigenvalue weighted by atomic mass is 79.9. The van der Waals surface area contributed by atoms with Gasteiger partial charge in [-0.1, -0.05) is 28.1 Å². The fourth-order valence-electron chi connectivity index (χ4n) is 3.37. The van der Waals surface area contributed by atoms with Gasteiger partial charge in [0, 0.05) is 42.0 Å². The molecule has 2 aliphatic rings. The summed E-state index contributed by atoms with van der Waals surface area (Å²) in [6.45, 7) is 4.74. The molecule has 1 aromatic carbocycles. The van der Waals surface area contributed by atoms with Gasteiger partial charge < -0.3 is 24.8 Å². The molecular formula is C19H25BrN2O4. The molecule has 3 rings (SSSR count). The maximum absolute atomic E-state index is 12.6. The van der Waals surface area contributed by atoms with E-state index in [0.29, 0.717) is 31.7 Å². The third kappa shape index (κ3) is 3.99. The van der Waals surface area contributed by atoms with Crippen molar-refractivity contribution >= 4 is 22.0 Å². The Bertz CT molecular complexity index is 720. The first-order valence-electron chi connectivity index (χ1n) is 8.84. The number of nitrogens with zero attached hydrogens (tertiary/aromatic N) is 1. The van der Waals surface area contributed by atoms with E-state index in [1.807, 2.05) is 26.0 Å². The predicted molar refractivity (Wildman–Crippen MR) is 103 cm³/mol. The number of carbonyl (C=O) groups excluding carboxylic acids is 1. The zero-order valence-electron chi connectivity index (χ0n) is 15.3. The van der Waals surface area contributed by atoms with Gasteiger partial charge >= 0.3 is 6.03 Å². The molecular weight excluding hydrogens is 400 g/mol. The first-order chi connectivity index (χ1) is 12.4. The van der Waals surface area contributed by atoms with Crippen LogP contribution in [0, 0.1) is 0 Å². The number of aliphatic hydroxyl groups is 1. The topological polar surface area (TPSA) is 71.0 Å². The third-order valence-electron chi connectivity index (χ3n) is 4.58. The normalized spacial score (nSPS) is 23.2. The molecule has 2 heterocycles. The third-order valence-corrected chi connectivity index (χ3v) is 5.29. The second kappa shape index (κ2) is 7.88. The highest BCUT2D eigenvalue weighted by Gasteiger charge is 2.32. The summed E-state index contributed by atoms with van der Waals surface area (Å²) in [5.41, 5.74) is 2.06. The summed E-state index contributed by atoms with van der Waals surface area (Å²) in [5.74, 6) is 1.38. The van der Waals surface area contributed by atoms with Crippen LogP contribution in [0.1, 0.15) is 31.4 Å². The Labute approximate surface area is 162 Å². The average molecular weight is 425 g/mol. The largest absolute Gasteiger partial charge is 0.493 e. The Morgan fingerprint density at radius 3 is 2.92 bits per heavy atom. The number of aliphatic hydroxyl groups excluding tert-OH is 1. The molecule has 142 valence electrons. The molecule has 0 spiro atoms. The van der Waals surface area contributed by atoms with E-state index in [1.165, 1.54) is 0 Å². The number of nitrogens with one attached hydrogen (secondary N) is 1. The smallest absolute Gasteiger partial charge is 0.318 e. The SMILES string of the molecule is COc1cc(Br)c2c3c1OC(C3)C[C@@H](O)/C=C/CN(C(=O)NC(C)C)C2. The van der Waals surface area contributed by atoms with Crippen molar-refractivity contribution < 1.29 is 19.4 Å². The van der Waals surface area contributed by atoms with Gasteiger partial charge in [0.1, 0.15) is 6.10 Å². The van der Waals surface area contributed by atoms with Crippen molar-refractivity contribution in [3.8, 4) is 11.5 Å². The molecule has 26 heavy (non-hydrogen) atoms. The number of amides is 2. The van der Waals surface area contributed by atoms with E-state index in [-0.39, 0.29) is 18.2 Å². The summed E-state index contributed by atoms with van der Waals surface area (Å²) in [4.78, 5) is 14.4. The summed E-state index contributed by atoms with van der Waals surface area (Å²) >= 11 is 3.63. The van der Waals surface area contributed by atoms with Crippen LogP contribution in [0.4, 0.5) is 4.79 Å². The Balaban J connectivity index is 2.02. The fourth-order valence-corrected chi connectivity index (χ4v) is 3.95. The lowest BCUT2D eigenvalue weighted by Gasteiger charge is -2.25. The maximum atomic E-state index is 12.6. The zero-order chi connectivity index (χ0) is 18.8. The van der Waals surface area contributed by atoms with Gasteiger partial charge in [-0.3, -0.25) is 0 Å². The average Bonchev–Trinajstić information content (AvgIpc) is 2.96. The first kappa shape index (κ1) is 19.0. The van der Waals surface area contributed by atoms with Gasteiger partial charge in [-0.25, -0.2) is 4.79 Å². The van der Waals surface area contributed by atoms with Crippen molar-refractivity contribution in [2.75, 3.05) is 13.7 Å². The number of urea groups is 1. The lowest BCUT2D eigenvalue weighted by Crippen LogP contribution is -2.42. The lowest BCUT2D eigenvalue weighted by molar-refractivity contribution is 0.133. The molecule has 0 aliphatic carbocycles. The zero-order valence-corrected chi connectivity index (χ0v) is 16.9. The number of benzene rings is 1. The highest BCUT2D eigenvalue weighted by molar-refractivity contribution is 9.10. The minimum Gasteiger partial charge on any atom is -0.493 e. The molecule has 2 atom stereocenters. The molecule has 6 nitrogen and oxygen atoms in total. The summed E-state index contributed by atoms with van der Waals surface area (Å²) in [5, 5.41) is 13.2. The Hall–Kier alpha value is -1.73. The fraction of sp³-hybridized carbons (Fsp3) is 0.526. The summed E-state index contributed by atoms with van der Waals surface area (Å²) in [7, 11) is 1.61. The van der Waals surface area contributed by atoms with Crippen LogP contribution in [0.2, 0.25) is 0 Å². The molecule has 0 saturated heterocycles. The van der Waals surface area contributed by atoms with Crippen LogP contribution in [0.5, 0.6) is 11.5 Å². The molecule has 2 N–H and O–H groups in total. The number of fused-ring (bicyclic) bond motifs is 1. The van der Waals surface area contributed by atoms with Gasteiger partial charge in [-0.05, 0) is 25.5 Å². The summed E-state index contributed by atoms with van der Waals surface area (Å²) < 4.78 is 12.4. The number of ether oxygens (including phenoxy) is 2. The minimum absolute atomic E-state index is 0.0491. The minimum atomic E-state index is -0.611. The Morgan fingerprint density at radius 1 is 1.46 bits per heavy atom. The van der Waals surface area contributed by atoms with Crippen LogP contribution in [0.25, 0.3) is 0 Å². The van der Waals surface area contributed by atoms with Gasteiger partial charge in [-0.15, -0.1) is 0 Å². The molecule has 0 aromatic heterocycles. The molecule has 7 heteroatoms.